The quantitative estimate of drug-likeness (QED) is 0.705. The number of phenols is 1. The van der Waals surface area contributed by atoms with Crippen molar-refractivity contribution < 1.29 is 10.2 Å². The van der Waals surface area contributed by atoms with Gasteiger partial charge in [-0.15, -0.1) is 11.3 Å². The van der Waals surface area contributed by atoms with Gasteiger partial charge in [-0.05, 0) is 29.1 Å². The molecular formula is C9H8O2S. The van der Waals surface area contributed by atoms with E-state index in [1.54, 1.807) is 17.4 Å². The molecule has 0 aliphatic carbocycles. The summed E-state index contributed by atoms with van der Waals surface area (Å²) < 4.78 is 1.01. The van der Waals surface area contributed by atoms with Gasteiger partial charge in [0.1, 0.15) is 5.75 Å². The Hall–Kier alpha value is -1.06. The summed E-state index contributed by atoms with van der Waals surface area (Å²) in [5.41, 5.74) is 0.752. The fourth-order valence-electron chi connectivity index (χ4n) is 1.20. The van der Waals surface area contributed by atoms with Crippen LogP contribution < -0.4 is 0 Å². The van der Waals surface area contributed by atoms with Crippen LogP contribution in [0.3, 0.4) is 0 Å². The summed E-state index contributed by atoms with van der Waals surface area (Å²) >= 11 is 1.56. The molecule has 2 aromatic rings. The van der Waals surface area contributed by atoms with E-state index in [4.69, 9.17) is 5.11 Å². The number of hydrogen-bond donors (Lipinski definition) is 2. The number of rotatable bonds is 1. The lowest BCUT2D eigenvalue weighted by Crippen LogP contribution is -1.80. The molecule has 2 rings (SSSR count). The van der Waals surface area contributed by atoms with Crippen LogP contribution in [0.4, 0.5) is 0 Å². The van der Waals surface area contributed by atoms with Crippen LogP contribution in [-0.4, -0.2) is 10.2 Å². The highest BCUT2D eigenvalue weighted by atomic mass is 32.1. The number of aliphatic hydroxyl groups is 1. The molecular weight excluding hydrogens is 172 g/mol. The van der Waals surface area contributed by atoms with Crippen LogP contribution in [0.5, 0.6) is 5.75 Å². The number of phenolic OH excluding ortho intramolecular Hbond substituents is 1. The van der Waals surface area contributed by atoms with E-state index in [1.165, 1.54) is 0 Å². The zero-order valence-corrected chi connectivity index (χ0v) is 7.14. The maximum absolute atomic E-state index is 9.47. The molecule has 0 saturated heterocycles. The first-order valence-electron chi connectivity index (χ1n) is 3.61. The zero-order chi connectivity index (χ0) is 8.55. The highest BCUT2D eigenvalue weighted by Crippen LogP contribution is 2.30. The number of benzene rings is 1. The fraction of sp³-hybridized carbons (Fsp3) is 0.111. The first-order valence-corrected chi connectivity index (χ1v) is 4.49. The van der Waals surface area contributed by atoms with Crippen molar-refractivity contribution in [3.8, 4) is 5.75 Å². The minimum Gasteiger partial charge on any atom is -0.507 e. The highest BCUT2D eigenvalue weighted by Gasteiger charge is 2.02. The maximum Gasteiger partial charge on any atom is 0.124 e. The molecule has 0 aliphatic rings. The van der Waals surface area contributed by atoms with E-state index in [-0.39, 0.29) is 12.4 Å². The number of aliphatic hydroxyl groups excluding tert-OH is 1. The Morgan fingerprint density at radius 1 is 1.33 bits per heavy atom. The molecule has 0 spiro atoms. The third-order valence-electron chi connectivity index (χ3n) is 1.79. The van der Waals surface area contributed by atoms with Gasteiger partial charge in [0, 0.05) is 10.1 Å². The number of hydrogen-bond acceptors (Lipinski definition) is 3. The lowest BCUT2D eigenvalue weighted by Gasteiger charge is -1.98. The van der Waals surface area contributed by atoms with E-state index < -0.39 is 0 Å². The van der Waals surface area contributed by atoms with Gasteiger partial charge in [-0.25, -0.2) is 0 Å². The third kappa shape index (κ3) is 1.07. The second-order valence-corrected chi connectivity index (χ2v) is 3.55. The van der Waals surface area contributed by atoms with Crippen LogP contribution in [0.2, 0.25) is 0 Å². The van der Waals surface area contributed by atoms with Gasteiger partial charge in [-0.2, -0.15) is 0 Å². The number of aromatic hydroxyl groups is 1. The zero-order valence-electron chi connectivity index (χ0n) is 6.32. The topological polar surface area (TPSA) is 40.5 Å². The van der Waals surface area contributed by atoms with Gasteiger partial charge in [-0.1, -0.05) is 0 Å². The van der Waals surface area contributed by atoms with Crippen molar-refractivity contribution in [3.05, 3.63) is 29.1 Å². The van der Waals surface area contributed by atoms with E-state index in [1.807, 2.05) is 17.5 Å². The van der Waals surface area contributed by atoms with Crippen molar-refractivity contribution in [1.82, 2.24) is 0 Å². The molecule has 0 atom stereocenters. The van der Waals surface area contributed by atoms with Crippen molar-refractivity contribution >= 4 is 21.4 Å². The molecule has 2 nitrogen and oxygen atoms in total. The van der Waals surface area contributed by atoms with E-state index in [0.717, 1.165) is 15.6 Å². The van der Waals surface area contributed by atoms with Crippen LogP contribution in [0.1, 0.15) is 5.56 Å². The first-order chi connectivity index (χ1) is 5.81. The molecule has 1 aromatic heterocycles. The van der Waals surface area contributed by atoms with Gasteiger partial charge >= 0.3 is 0 Å². The lowest BCUT2D eigenvalue weighted by molar-refractivity contribution is 0.281. The summed E-state index contributed by atoms with van der Waals surface area (Å²) in [4.78, 5) is 0. The average molecular weight is 180 g/mol. The maximum atomic E-state index is 9.47. The van der Waals surface area contributed by atoms with Crippen molar-refractivity contribution in [2.24, 2.45) is 0 Å². The summed E-state index contributed by atoms with van der Waals surface area (Å²) in [6.07, 6.45) is 0. The van der Waals surface area contributed by atoms with Crippen molar-refractivity contribution in [1.29, 1.82) is 0 Å². The smallest absolute Gasteiger partial charge is 0.124 e. The van der Waals surface area contributed by atoms with Gasteiger partial charge in [0.2, 0.25) is 0 Å². The summed E-state index contributed by atoms with van der Waals surface area (Å²) in [7, 11) is 0. The standard InChI is InChI=1S/C9H8O2S/c10-5-6-3-8(11)7-1-2-12-9(7)4-6/h1-4,10-11H,5H2. The predicted octanol–water partition coefficient (Wildman–Crippen LogP) is 2.10. The molecule has 0 saturated carbocycles. The molecule has 0 bridgehead atoms. The number of fused-ring (bicyclic) bond motifs is 1. The van der Waals surface area contributed by atoms with Gasteiger partial charge in [0.05, 0.1) is 6.61 Å². The summed E-state index contributed by atoms with van der Waals surface area (Å²) in [5.74, 6) is 0.248. The molecule has 0 aliphatic heterocycles. The van der Waals surface area contributed by atoms with Gasteiger partial charge < -0.3 is 10.2 Å². The number of thiophene rings is 1. The van der Waals surface area contributed by atoms with Gasteiger partial charge in [0.15, 0.2) is 0 Å². The molecule has 12 heavy (non-hydrogen) atoms. The summed E-state index contributed by atoms with van der Waals surface area (Å²) in [5, 5.41) is 21.1. The van der Waals surface area contributed by atoms with Crippen LogP contribution >= 0.6 is 11.3 Å². The third-order valence-corrected chi connectivity index (χ3v) is 2.66. The normalized spacial score (nSPS) is 10.8. The molecule has 1 heterocycles. The Morgan fingerprint density at radius 3 is 2.92 bits per heavy atom. The first kappa shape index (κ1) is 7.58. The van der Waals surface area contributed by atoms with Crippen LogP contribution in [0.25, 0.3) is 10.1 Å². The van der Waals surface area contributed by atoms with Crippen LogP contribution in [0, 0.1) is 0 Å². The average Bonchev–Trinajstić information content (AvgIpc) is 2.52. The van der Waals surface area contributed by atoms with E-state index >= 15 is 0 Å². The Bertz CT molecular complexity index is 406. The van der Waals surface area contributed by atoms with E-state index in [9.17, 15) is 5.11 Å². The minimum atomic E-state index is -0.0264. The molecule has 62 valence electrons. The molecule has 0 unspecified atom stereocenters. The van der Waals surface area contributed by atoms with E-state index in [0.29, 0.717) is 0 Å². The van der Waals surface area contributed by atoms with Crippen LogP contribution in [-0.2, 0) is 6.61 Å². The minimum absolute atomic E-state index is 0.0264. The van der Waals surface area contributed by atoms with Crippen LogP contribution in [0.15, 0.2) is 23.6 Å². The second-order valence-electron chi connectivity index (χ2n) is 2.61. The fourth-order valence-corrected chi connectivity index (χ4v) is 2.07. The van der Waals surface area contributed by atoms with Crippen molar-refractivity contribution in [2.45, 2.75) is 6.61 Å². The van der Waals surface area contributed by atoms with E-state index in [2.05, 4.69) is 0 Å². The van der Waals surface area contributed by atoms with Crippen molar-refractivity contribution in [3.63, 3.8) is 0 Å². The predicted molar refractivity (Wildman–Crippen MR) is 49.4 cm³/mol. The Morgan fingerprint density at radius 2 is 2.17 bits per heavy atom. The lowest BCUT2D eigenvalue weighted by atomic mass is 10.2. The monoisotopic (exact) mass is 180 g/mol. The molecule has 1 aromatic carbocycles. The largest absolute Gasteiger partial charge is 0.507 e. The Labute approximate surface area is 73.7 Å². The molecule has 0 amide bonds. The second kappa shape index (κ2) is 2.77. The van der Waals surface area contributed by atoms with Crippen molar-refractivity contribution in [2.75, 3.05) is 0 Å². The molecule has 3 heteroatoms. The molecule has 2 N–H and O–H groups in total. The molecule has 0 radical (unpaired) electrons. The Kier molecular flexibility index (Phi) is 1.75. The van der Waals surface area contributed by atoms with Gasteiger partial charge in [0.25, 0.3) is 0 Å². The van der Waals surface area contributed by atoms with Gasteiger partial charge in [-0.3, -0.25) is 0 Å². The Balaban J connectivity index is 2.75. The highest BCUT2D eigenvalue weighted by molar-refractivity contribution is 7.17. The summed E-state index contributed by atoms with van der Waals surface area (Å²) in [6, 6.07) is 5.35. The molecule has 0 fully saturated rings. The summed E-state index contributed by atoms with van der Waals surface area (Å²) in [6.45, 7) is -0.0264. The SMILES string of the molecule is OCc1cc(O)c2ccsc2c1.